The Morgan fingerprint density at radius 3 is 2.11 bits per heavy atom. The molecule has 0 bridgehead atoms. The highest BCUT2D eigenvalue weighted by molar-refractivity contribution is 7.89. The minimum absolute atomic E-state index is 0.0959. The number of hydrogen-bond donors (Lipinski definition) is 0. The molecule has 1 heterocycles. The van der Waals surface area contributed by atoms with Crippen LogP contribution < -0.4 is 4.90 Å². The molecule has 1 saturated heterocycles. The third-order valence-corrected chi connectivity index (χ3v) is 8.68. The molecule has 6 nitrogen and oxygen atoms in total. The van der Waals surface area contributed by atoms with Crippen molar-refractivity contribution in [3.8, 4) is 0 Å². The Balaban J connectivity index is 1.50. The Hall–Kier alpha value is -2.58. The molecule has 1 amide bonds. The lowest BCUT2D eigenvalue weighted by atomic mass is 10.1. The Morgan fingerprint density at radius 2 is 1.47 bits per heavy atom. The molecule has 1 aliphatic heterocycles. The van der Waals surface area contributed by atoms with Gasteiger partial charge in [-0.25, -0.2) is 8.42 Å². The number of amides is 1. The summed E-state index contributed by atoms with van der Waals surface area (Å²) in [6.07, 6.45) is 0. The third-order valence-electron chi connectivity index (χ3n) is 6.39. The zero-order valence-corrected chi connectivity index (χ0v) is 22.7. The lowest BCUT2D eigenvalue weighted by molar-refractivity contribution is -0.131. The zero-order valence-electron chi connectivity index (χ0n) is 20.3. The number of hydrogen-bond acceptors (Lipinski definition) is 4. The van der Waals surface area contributed by atoms with Crippen LogP contribution in [0.1, 0.15) is 16.7 Å². The van der Waals surface area contributed by atoms with Gasteiger partial charge in [-0.3, -0.25) is 4.79 Å². The maximum atomic E-state index is 13.5. The molecule has 0 N–H and O–H groups in total. The van der Waals surface area contributed by atoms with Gasteiger partial charge in [-0.05, 0) is 61.4 Å². The average molecular weight is 547 g/mol. The van der Waals surface area contributed by atoms with Gasteiger partial charge >= 0.3 is 0 Å². The van der Waals surface area contributed by atoms with Crippen molar-refractivity contribution in [2.24, 2.45) is 0 Å². The summed E-state index contributed by atoms with van der Waals surface area (Å²) < 4.78 is 28.3. The second-order valence-corrected chi connectivity index (χ2v) is 11.8. The van der Waals surface area contributed by atoms with Gasteiger partial charge in [0.05, 0.1) is 11.4 Å². The smallest absolute Gasteiger partial charge is 0.243 e. The van der Waals surface area contributed by atoms with Gasteiger partial charge in [0, 0.05) is 48.5 Å². The van der Waals surface area contributed by atoms with Crippen LogP contribution in [0.5, 0.6) is 0 Å². The first-order valence-electron chi connectivity index (χ1n) is 11.7. The van der Waals surface area contributed by atoms with Gasteiger partial charge in [0.25, 0.3) is 0 Å². The van der Waals surface area contributed by atoms with Crippen LogP contribution in [0.3, 0.4) is 0 Å². The van der Waals surface area contributed by atoms with E-state index in [-0.39, 0.29) is 23.9 Å². The number of nitrogens with zero attached hydrogens (tertiary/aromatic N) is 3. The number of benzene rings is 3. The molecule has 3 aromatic carbocycles. The Morgan fingerprint density at radius 1 is 0.861 bits per heavy atom. The minimum atomic E-state index is -3.92. The van der Waals surface area contributed by atoms with E-state index in [0.717, 1.165) is 22.4 Å². The number of sulfonamides is 1. The lowest BCUT2D eigenvalue weighted by Crippen LogP contribution is -2.51. The highest BCUT2D eigenvalue weighted by Gasteiger charge is 2.30. The summed E-state index contributed by atoms with van der Waals surface area (Å²) in [5.41, 5.74) is 4.07. The largest absolute Gasteiger partial charge is 0.368 e. The van der Waals surface area contributed by atoms with Gasteiger partial charge in [-0.2, -0.15) is 4.31 Å². The van der Waals surface area contributed by atoms with E-state index < -0.39 is 10.0 Å². The SMILES string of the molecule is Cc1ccc(CN(CC(=O)N2CCN(c3cc(Cl)ccc3C)CC2)S(=O)(=O)c2ccc(Cl)cc2)cc1. The molecule has 0 unspecified atom stereocenters. The van der Waals surface area contributed by atoms with E-state index in [1.54, 1.807) is 4.90 Å². The highest BCUT2D eigenvalue weighted by atomic mass is 35.5. The molecule has 0 radical (unpaired) electrons. The predicted molar refractivity (Wildman–Crippen MR) is 145 cm³/mol. The van der Waals surface area contributed by atoms with Crippen molar-refractivity contribution in [2.45, 2.75) is 25.3 Å². The van der Waals surface area contributed by atoms with Gasteiger partial charge in [0.2, 0.25) is 15.9 Å². The molecule has 9 heteroatoms. The first-order valence-corrected chi connectivity index (χ1v) is 13.9. The second-order valence-electron chi connectivity index (χ2n) is 9.01. The first-order chi connectivity index (χ1) is 17.1. The van der Waals surface area contributed by atoms with Crippen molar-refractivity contribution in [3.63, 3.8) is 0 Å². The number of halogens is 2. The summed E-state index contributed by atoms with van der Waals surface area (Å²) in [5, 5.41) is 1.12. The quantitative estimate of drug-likeness (QED) is 0.412. The van der Waals surface area contributed by atoms with Gasteiger partial charge in [0.1, 0.15) is 0 Å². The van der Waals surface area contributed by atoms with Crippen molar-refractivity contribution < 1.29 is 13.2 Å². The molecule has 1 aliphatic rings. The van der Waals surface area contributed by atoms with Crippen LogP contribution in [0.2, 0.25) is 10.0 Å². The average Bonchev–Trinajstić information content (AvgIpc) is 2.86. The normalized spacial score (nSPS) is 14.4. The topological polar surface area (TPSA) is 60.9 Å². The van der Waals surface area contributed by atoms with Crippen molar-refractivity contribution in [1.82, 2.24) is 9.21 Å². The van der Waals surface area contributed by atoms with Crippen molar-refractivity contribution >= 4 is 44.8 Å². The molecule has 3 aromatic rings. The van der Waals surface area contributed by atoms with Crippen LogP contribution in [0.25, 0.3) is 0 Å². The molecular formula is C27H29Cl2N3O3S. The Labute approximate surface area is 223 Å². The maximum Gasteiger partial charge on any atom is 0.243 e. The fraction of sp³-hybridized carbons (Fsp3) is 0.296. The molecular weight excluding hydrogens is 517 g/mol. The molecule has 0 aliphatic carbocycles. The second kappa shape index (κ2) is 11.2. The number of carbonyl (C=O) groups is 1. The number of aryl methyl sites for hydroxylation is 2. The monoisotopic (exact) mass is 545 g/mol. The van der Waals surface area contributed by atoms with E-state index in [9.17, 15) is 13.2 Å². The fourth-order valence-electron chi connectivity index (χ4n) is 4.25. The standard InChI is InChI=1S/C27H29Cl2N3O3S/c1-20-3-6-22(7-4-20)18-32(36(34,35)25-11-9-23(28)10-12-25)19-27(33)31-15-13-30(14-16-31)26-17-24(29)8-5-21(26)2/h3-12,17H,13-16,18-19H2,1-2H3. The van der Waals surface area contributed by atoms with Gasteiger partial charge in [0.15, 0.2) is 0 Å². The molecule has 0 saturated carbocycles. The van der Waals surface area contributed by atoms with Crippen LogP contribution in [0, 0.1) is 13.8 Å². The predicted octanol–water partition coefficient (Wildman–Crippen LogP) is 5.15. The summed E-state index contributed by atoms with van der Waals surface area (Å²) in [4.78, 5) is 17.4. The molecule has 0 aromatic heterocycles. The Kier molecular flexibility index (Phi) is 8.25. The minimum Gasteiger partial charge on any atom is -0.368 e. The van der Waals surface area contributed by atoms with Gasteiger partial charge in [-0.15, -0.1) is 0 Å². The summed E-state index contributed by atoms with van der Waals surface area (Å²) >= 11 is 12.2. The van der Waals surface area contributed by atoms with E-state index in [4.69, 9.17) is 23.2 Å². The van der Waals surface area contributed by atoms with E-state index in [1.165, 1.54) is 28.6 Å². The molecule has 190 valence electrons. The van der Waals surface area contributed by atoms with Gasteiger partial charge in [-0.1, -0.05) is 59.1 Å². The fourth-order valence-corrected chi connectivity index (χ4v) is 5.92. The molecule has 0 atom stereocenters. The zero-order chi connectivity index (χ0) is 25.9. The molecule has 36 heavy (non-hydrogen) atoms. The van der Waals surface area contributed by atoms with E-state index in [1.807, 2.05) is 56.3 Å². The van der Waals surface area contributed by atoms with Crippen LogP contribution in [-0.2, 0) is 21.4 Å². The van der Waals surface area contributed by atoms with E-state index in [0.29, 0.717) is 36.2 Å². The molecule has 0 spiro atoms. The van der Waals surface area contributed by atoms with Crippen molar-refractivity contribution in [1.29, 1.82) is 0 Å². The van der Waals surface area contributed by atoms with Crippen LogP contribution in [-0.4, -0.2) is 56.3 Å². The van der Waals surface area contributed by atoms with Crippen molar-refractivity contribution in [3.05, 3.63) is 93.5 Å². The lowest BCUT2D eigenvalue weighted by Gasteiger charge is -2.37. The van der Waals surface area contributed by atoms with E-state index >= 15 is 0 Å². The third kappa shape index (κ3) is 6.21. The first kappa shape index (κ1) is 26.5. The number of anilines is 1. The van der Waals surface area contributed by atoms with Crippen LogP contribution in [0.4, 0.5) is 5.69 Å². The maximum absolute atomic E-state index is 13.5. The summed E-state index contributed by atoms with van der Waals surface area (Å²) in [6, 6.07) is 19.4. The molecule has 4 rings (SSSR count). The van der Waals surface area contributed by atoms with E-state index in [2.05, 4.69) is 4.90 Å². The van der Waals surface area contributed by atoms with Gasteiger partial charge < -0.3 is 9.80 Å². The van der Waals surface area contributed by atoms with Crippen molar-refractivity contribution in [2.75, 3.05) is 37.6 Å². The summed E-state index contributed by atoms with van der Waals surface area (Å²) in [6.45, 7) is 6.17. The van der Waals surface area contributed by atoms with Crippen LogP contribution in [0.15, 0.2) is 71.6 Å². The summed E-state index contributed by atoms with van der Waals surface area (Å²) in [5.74, 6) is -0.220. The summed E-state index contributed by atoms with van der Waals surface area (Å²) in [7, 11) is -3.92. The Bertz CT molecular complexity index is 1320. The molecule has 1 fully saturated rings. The van der Waals surface area contributed by atoms with Crippen LogP contribution >= 0.6 is 23.2 Å². The number of piperazine rings is 1. The number of rotatable bonds is 7. The number of carbonyl (C=O) groups excluding carboxylic acids is 1. The highest BCUT2D eigenvalue weighted by Crippen LogP contribution is 2.26.